The smallest absolute Gasteiger partial charge is 0.238 e. The minimum Gasteiger partial charge on any atom is -0.503 e. The van der Waals surface area contributed by atoms with Crippen molar-refractivity contribution < 1.29 is 33.8 Å². The Bertz CT molecular complexity index is 2610. The summed E-state index contributed by atoms with van der Waals surface area (Å²) in [5, 5.41) is 11.1. The van der Waals surface area contributed by atoms with Gasteiger partial charge in [0.1, 0.15) is 0 Å². The van der Waals surface area contributed by atoms with Crippen LogP contribution in [0.25, 0.3) is 5.57 Å². The molecule has 288 valence electrons. The molecule has 10 heteroatoms. The molecule has 1 heterocycles. The van der Waals surface area contributed by atoms with Crippen LogP contribution in [0.2, 0.25) is 0 Å². The van der Waals surface area contributed by atoms with Crippen molar-refractivity contribution in [3.8, 4) is 11.5 Å². The highest BCUT2D eigenvalue weighted by Crippen LogP contribution is 2.65. The lowest BCUT2D eigenvalue weighted by Gasteiger charge is -2.55. The zero-order valence-electron chi connectivity index (χ0n) is 31.1. The van der Waals surface area contributed by atoms with Crippen molar-refractivity contribution >= 4 is 72.3 Å². The fourth-order valence-electron chi connectivity index (χ4n) is 9.97. The van der Waals surface area contributed by atoms with Gasteiger partial charge in [0.2, 0.25) is 11.8 Å². The quantitative estimate of drug-likeness (QED) is 0.0984. The minimum absolute atomic E-state index is 0.137. The maximum atomic E-state index is 15.4. The Balaban J connectivity index is 1.21. The number of allylic oxidation sites excluding steroid dienone is 4. The van der Waals surface area contributed by atoms with Gasteiger partial charge < -0.3 is 9.84 Å². The number of hydrogen-bond donors (Lipinski definition) is 1. The van der Waals surface area contributed by atoms with Gasteiger partial charge in [-0.15, -0.1) is 0 Å². The van der Waals surface area contributed by atoms with Gasteiger partial charge in [-0.2, -0.15) is 0 Å². The number of hydrogen-bond acceptors (Lipinski definition) is 7. The number of ether oxygens (including phenoxy) is 1. The topological polar surface area (TPSA) is 118 Å². The number of imide groups is 1. The van der Waals surface area contributed by atoms with E-state index in [9.17, 15) is 19.5 Å². The first-order chi connectivity index (χ1) is 28.1. The summed E-state index contributed by atoms with van der Waals surface area (Å²) in [5.41, 5.74) is 2.74. The maximum Gasteiger partial charge on any atom is 0.238 e. The van der Waals surface area contributed by atoms with Gasteiger partial charge in [0.25, 0.3) is 0 Å². The first-order valence-corrected chi connectivity index (χ1v) is 20.6. The molecule has 9 rings (SSSR count). The van der Waals surface area contributed by atoms with Gasteiger partial charge in [0.15, 0.2) is 28.8 Å². The van der Waals surface area contributed by atoms with E-state index in [0.29, 0.717) is 48.0 Å². The van der Waals surface area contributed by atoms with Crippen LogP contribution in [0, 0.1) is 23.7 Å². The summed E-state index contributed by atoms with van der Waals surface area (Å²) in [6, 6.07) is 35.5. The Morgan fingerprint density at radius 1 is 0.776 bits per heavy atom. The molecule has 4 aliphatic rings. The molecule has 58 heavy (non-hydrogen) atoms. The van der Waals surface area contributed by atoms with Crippen molar-refractivity contribution in [2.75, 3.05) is 12.0 Å². The molecular weight excluding hydrogens is 862 g/mol. The highest BCUT2D eigenvalue weighted by molar-refractivity contribution is 9.13. The van der Waals surface area contributed by atoms with Crippen LogP contribution in [0.4, 0.5) is 5.69 Å². The number of phenols is 1. The largest absolute Gasteiger partial charge is 0.503 e. The van der Waals surface area contributed by atoms with Gasteiger partial charge in [0, 0.05) is 33.0 Å². The minimum atomic E-state index is -1.47. The van der Waals surface area contributed by atoms with Crippen molar-refractivity contribution in [2.24, 2.45) is 23.7 Å². The molecule has 5 aromatic carbocycles. The number of nitrogens with zero attached hydrogens (tertiary/aromatic N) is 1. The normalized spacial score (nSPS) is 25.0. The average molecular weight is 898 g/mol. The van der Waals surface area contributed by atoms with E-state index in [2.05, 4.69) is 31.9 Å². The average Bonchev–Trinajstić information content (AvgIpc) is 3.52. The summed E-state index contributed by atoms with van der Waals surface area (Å²) >= 11 is 7.28. The van der Waals surface area contributed by atoms with Gasteiger partial charge in [0.05, 0.1) is 34.5 Å². The number of phenolic OH excluding ortho intramolecular Hbond substituents is 1. The molecule has 0 bridgehead atoms. The number of anilines is 1. The van der Waals surface area contributed by atoms with Crippen LogP contribution < -0.4 is 9.64 Å². The molecule has 2 fully saturated rings. The Labute approximate surface area is 351 Å². The summed E-state index contributed by atoms with van der Waals surface area (Å²) in [4.78, 5) is 74.3. The first kappa shape index (κ1) is 37.8. The van der Waals surface area contributed by atoms with Gasteiger partial charge >= 0.3 is 0 Å². The van der Waals surface area contributed by atoms with Gasteiger partial charge in [-0.05, 0) is 104 Å². The number of benzene rings is 5. The third-order valence-electron chi connectivity index (χ3n) is 12.5. The molecule has 1 saturated carbocycles. The third kappa shape index (κ3) is 5.63. The predicted molar refractivity (Wildman–Crippen MR) is 225 cm³/mol. The van der Waals surface area contributed by atoms with Gasteiger partial charge in [-0.25, -0.2) is 0 Å². The number of carbonyl (C=O) groups excluding carboxylic acids is 5. The monoisotopic (exact) mass is 895 g/mol. The van der Waals surface area contributed by atoms with Crippen molar-refractivity contribution in [2.45, 2.75) is 24.2 Å². The highest BCUT2D eigenvalue weighted by Gasteiger charge is 2.66. The number of fused-ring (bicyclic) bond motifs is 4. The highest BCUT2D eigenvalue weighted by atomic mass is 79.9. The standard InChI is InChI=1S/C48H35Br2NO7/c1-58-37-24-35(41(49)42(50)45(37)55)40-31-21-22-32-39(47(57)51(46(32)56)30-19-17-28(18-20-30)43(53)27-13-7-3-8-14-27)34(31)23-36-44(54)33(26-11-5-2-6-12-26)25-38(52)48(36,40)29-15-9-4-10-16-29/h2-21,24-25,32,34,36,39-40,55H,22-23H2,1H3. The van der Waals surface area contributed by atoms with Crippen molar-refractivity contribution in [1.82, 2.24) is 0 Å². The molecule has 1 saturated heterocycles. The SMILES string of the molecule is COc1cc(C2C3=CCC4C(=O)N(c5ccc(C(=O)c6ccccc6)cc5)C(=O)C4C3CC3C(=O)C(c4ccccc4)=CC(=O)C32c2ccccc2)c(Br)c(Br)c1O. The Morgan fingerprint density at radius 3 is 2.05 bits per heavy atom. The summed E-state index contributed by atoms with van der Waals surface area (Å²) < 4.78 is 6.42. The number of methoxy groups -OCH3 is 1. The molecule has 5 aromatic rings. The van der Waals surface area contributed by atoms with Crippen molar-refractivity contribution in [3.05, 3.63) is 176 Å². The van der Waals surface area contributed by atoms with E-state index in [0.717, 1.165) is 5.57 Å². The molecule has 8 nitrogen and oxygen atoms in total. The van der Waals surface area contributed by atoms with Crippen LogP contribution in [0.1, 0.15) is 51.4 Å². The zero-order valence-corrected chi connectivity index (χ0v) is 34.3. The van der Waals surface area contributed by atoms with E-state index in [1.807, 2.05) is 72.8 Å². The van der Waals surface area contributed by atoms with Crippen LogP contribution in [0.3, 0.4) is 0 Å². The van der Waals surface area contributed by atoms with E-state index in [1.165, 1.54) is 18.1 Å². The number of aromatic hydroxyl groups is 1. The van der Waals surface area contributed by atoms with Crippen LogP contribution >= 0.6 is 31.9 Å². The van der Waals surface area contributed by atoms with E-state index in [1.54, 1.807) is 54.6 Å². The Morgan fingerprint density at radius 2 is 1.40 bits per heavy atom. The maximum absolute atomic E-state index is 15.4. The molecule has 0 radical (unpaired) electrons. The number of ketones is 3. The van der Waals surface area contributed by atoms with E-state index in [-0.39, 0.29) is 47.6 Å². The molecule has 1 aliphatic heterocycles. The lowest BCUT2D eigenvalue weighted by Crippen LogP contribution is -2.59. The Hall–Kier alpha value is -5.71. The molecular formula is C48H35Br2NO7. The summed E-state index contributed by atoms with van der Waals surface area (Å²) in [6.45, 7) is 0. The fourth-order valence-corrected chi connectivity index (χ4v) is 10.9. The second-order valence-electron chi connectivity index (χ2n) is 15.2. The first-order valence-electron chi connectivity index (χ1n) is 19.0. The van der Waals surface area contributed by atoms with Crippen LogP contribution in [-0.4, -0.2) is 41.4 Å². The third-order valence-corrected chi connectivity index (χ3v) is 14.7. The number of rotatable bonds is 7. The zero-order chi connectivity index (χ0) is 40.5. The molecule has 3 aliphatic carbocycles. The van der Waals surface area contributed by atoms with E-state index >= 15 is 9.59 Å². The van der Waals surface area contributed by atoms with E-state index < -0.39 is 40.9 Å². The number of Topliss-reactive ketones (excluding diaryl/α,β-unsaturated/α-hetero) is 1. The molecule has 2 amide bonds. The van der Waals surface area contributed by atoms with Crippen LogP contribution in [0.5, 0.6) is 11.5 Å². The Kier molecular flexibility index (Phi) is 9.52. The van der Waals surface area contributed by atoms with Crippen LogP contribution in [0.15, 0.2) is 148 Å². The second kappa shape index (κ2) is 14.6. The molecule has 1 N–H and O–H groups in total. The number of halogens is 2. The van der Waals surface area contributed by atoms with E-state index in [4.69, 9.17) is 4.74 Å². The summed E-state index contributed by atoms with van der Waals surface area (Å²) in [7, 11) is 1.44. The van der Waals surface area contributed by atoms with Crippen molar-refractivity contribution in [1.29, 1.82) is 0 Å². The van der Waals surface area contributed by atoms with Crippen LogP contribution in [-0.2, 0) is 24.6 Å². The van der Waals surface area contributed by atoms with Crippen molar-refractivity contribution in [3.63, 3.8) is 0 Å². The lowest BCUT2D eigenvalue weighted by molar-refractivity contribution is -0.135. The fraction of sp³-hybridized carbons (Fsp3) is 0.188. The summed E-state index contributed by atoms with van der Waals surface area (Å²) in [6.07, 6.45) is 3.83. The predicted octanol–water partition coefficient (Wildman–Crippen LogP) is 9.19. The molecule has 6 unspecified atom stereocenters. The van der Waals surface area contributed by atoms with Gasteiger partial charge in [-0.1, -0.05) is 103 Å². The van der Waals surface area contributed by atoms with Gasteiger partial charge in [-0.3, -0.25) is 28.9 Å². The molecule has 0 aromatic heterocycles. The molecule has 0 spiro atoms. The number of carbonyl (C=O) groups is 5. The lowest BCUT2D eigenvalue weighted by atomic mass is 9.44. The summed E-state index contributed by atoms with van der Waals surface area (Å²) in [5.74, 6) is -5.32. The molecule has 6 atom stereocenters. The number of amides is 2. The second-order valence-corrected chi connectivity index (χ2v) is 16.8.